The summed E-state index contributed by atoms with van der Waals surface area (Å²) in [5, 5.41) is 11.4. The fraction of sp³-hybridized carbons (Fsp3) is 0.105. The highest BCUT2D eigenvalue weighted by Crippen LogP contribution is 2.26. The van der Waals surface area contributed by atoms with Gasteiger partial charge in [-0.15, -0.1) is 0 Å². The molecule has 0 aromatic carbocycles. The summed E-state index contributed by atoms with van der Waals surface area (Å²) in [7, 11) is 0. The number of hydrogen-bond acceptors (Lipinski definition) is 8. The summed E-state index contributed by atoms with van der Waals surface area (Å²) in [6.45, 7) is -0.494. The maximum atomic E-state index is 14.6. The van der Waals surface area contributed by atoms with Crippen molar-refractivity contribution in [3.63, 3.8) is 0 Å². The van der Waals surface area contributed by atoms with Crippen LogP contribution >= 0.6 is 23.2 Å². The van der Waals surface area contributed by atoms with Crippen molar-refractivity contribution in [1.82, 2.24) is 15.3 Å². The molecule has 32 heavy (non-hydrogen) atoms. The number of ether oxygens (including phenoxy) is 1. The van der Waals surface area contributed by atoms with Crippen molar-refractivity contribution in [2.45, 2.75) is 6.17 Å². The van der Waals surface area contributed by atoms with E-state index in [2.05, 4.69) is 20.3 Å². The van der Waals surface area contributed by atoms with Crippen LogP contribution in [0.2, 0.25) is 10.2 Å². The first-order chi connectivity index (χ1) is 15.2. The Bertz CT molecular complexity index is 1130. The van der Waals surface area contributed by atoms with Gasteiger partial charge in [-0.05, 0) is 18.3 Å². The van der Waals surface area contributed by atoms with E-state index in [1.54, 1.807) is 0 Å². The van der Waals surface area contributed by atoms with E-state index in [4.69, 9.17) is 50.4 Å². The molecular weight excluding hydrogens is 462 g/mol. The first-order valence-electron chi connectivity index (χ1n) is 8.73. The van der Waals surface area contributed by atoms with Crippen molar-refractivity contribution in [2.75, 3.05) is 6.54 Å². The molecule has 0 spiro atoms. The minimum Gasteiger partial charge on any atom is -0.437 e. The number of hydrogen-bond donors (Lipinski definition) is 4. The minimum atomic E-state index is -1.71. The van der Waals surface area contributed by atoms with Gasteiger partial charge in [0.15, 0.2) is 5.70 Å². The number of pyridine rings is 2. The van der Waals surface area contributed by atoms with Gasteiger partial charge in [-0.3, -0.25) is 9.78 Å². The zero-order chi connectivity index (χ0) is 23.7. The number of rotatable bonds is 8. The number of aliphatic imine (C=N–C) groups is 1. The van der Waals surface area contributed by atoms with Crippen molar-refractivity contribution in [3.8, 4) is 11.8 Å². The molecule has 1 unspecified atom stereocenters. The maximum Gasteiger partial charge on any atom is 0.275 e. The van der Waals surface area contributed by atoms with Crippen LogP contribution < -0.4 is 27.3 Å². The Hall–Kier alpha value is -3.88. The predicted molar refractivity (Wildman–Crippen MR) is 117 cm³/mol. The van der Waals surface area contributed by atoms with E-state index in [9.17, 15) is 9.18 Å². The number of alkyl halides is 1. The number of nitrogens with two attached hydrogens (primary N) is 3. The van der Waals surface area contributed by atoms with Crippen LogP contribution in [0.15, 0.2) is 59.6 Å². The third-order valence-electron chi connectivity index (χ3n) is 3.65. The molecule has 0 aliphatic rings. The molecule has 2 rings (SSSR count). The summed E-state index contributed by atoms with van der Waals surface area (Å²) in [5.41, 5.74) is 16.6. The van der Waals surface area contributed by atoms with E-state index in [-0.39, 0.29) is 32.9 Å². The van der Waals surface area contributed by atoms with Crippen LogP contribution in [0.5, 0.6) is 5.75 Å². The summed E-state index contributed by atoms with van der Waals surface area (Å²) >= 11 is 11.7. The highest BCUT2D eigenvalue weighted by molar-refractivity contribution is 6.34. The topological polar surface area (TPSA) is 178 Å². The van der Waals surface area contributed by atoms with E-state index in [1.165, 1.54) is 30.6 Å². The van der Waals surface area contributed by atoms with Crippen LogP contribution in [0.1, 0.15) is 17.3 Å². The lowest BCUT2D eigenvalue weighted by molar-refractivity contribution is -0.118. The Labute approximate surface area is 192 Å². The summed E-state index contributed by atoms with van der Waals surface area (Å²) in [6, 6.07) is 4.50. The largest absolute Gasteiger partial charge is 0.437 e. The molecule has 7 N–H and O–H groups in total. The Morgan fingerprint density at radius 2 is 2.09 bits per heavy atom. The zero-order valence-electron chi connectivity index (χ0n) is 16.3. The van der Waals surface area contributed by atoms with Crippen LogP contribution in [0.25, 0.3) is 0 Å². The van der Waals surface area contributed by atoms with Gasteiger partial charge in [0.05, 0.1) is 23.3 Å². The lowest BCUT2D eigenvalue weighted by atomic mass is 10.2. The van der Waals surface area contributed by atoms with E-state index < -0.39 is 30.2 Å². The highest BCUT2D eigenvalue weighted by atomic mass is 35.5. The Morgan fingerprint density at radius 3 is 2.75 bits per heavy atom. The number of carbonyl (C=O) groups excluding carboxylic acids is 1. The van der Waals surface area contributed by atoms with Gasteiger partial charge in [-0.1, -0.05) is 23.2 Å². The molecule has 0 aliphatic carbocycles. The maximum absolute atomic E-state index is 14.6. The molecule has 1 atom stereocenters. The molecule has 0 fully saturated rings. The second kappa shape index (κ2) is 11.5. The average Bonchev–Trinajstić information content (AvgIpc) is 2.75. The van der Waals surface area contributed by atoms with Crippen LogP contribution in [0.4, 0.5) is 4.39 Å². The van der Waals surface area contributed by atoms with Gasteiger partial charge >= 0.3 is 0 Å². The summed E-state index contributed by atoms with van der Waals surface area (Å²) in [4.78, 5) is 24.1. The number of nitriles is 1. The van der Waals surface area contributed by atoms with Gasteiger partial charge in [0.1, 0.15) is 29.0 Å². The van der Waals surface area contributed by atoms with Crippen molar-refractivity contribution in [1.29, 1.82) is 5.26 Å². The van der Waals surface area contributed by atoms with E-state index in [0.717, 1.165) is 12.4 Å². The molecule has 10 nitrogen and oxygen atoms in total. The van der Waals surface area contributed by atoms with Gasteiger partial charge in [0, 0.05) is 24.0 Å². The van der Waals surface area contributed by atoms with Crippen molar-refractivity contribution < 1.29 is 13.9 Å². The van der Waals surface area contributed by atoms with Gasteiger partial charge in [0.25, 0.3) is 5.91 Å². The third kappa shape index (κ3) is 6.83. The molecule has 0 bridgehead atoms. The SMILES string of the molecule is N#Cc1cncc(O/C(N)=C(/N=C(N)/C=C\N)C(=O)NCC(F)c2cnc(Cl)cc2Cl)c1. The standard InChI is InChI=1S/C19H17Cl2FN8O2/c20-13-4-15(21)28-8-12(13)14(22)9-29-19(31)17(30-16(25)1-2-23)18(26)32-11-3-10(5-24)6-27-7-11/h1-4,6-8,14H,9,23,26H2,(H2,25,30)(H,29,31)/b2-1-,18-17+. The van der Waals surface area contributed by atoms with Crippen LogP contribution in [-0.2, 0) is 4.79 Å². The smallest absolute Gasteiger partial charge is 0.275 e. The first kappa shape index (κ1) is 24.4. The molecule has 1 amide bonds. The number of amides is 1. The second-order valence-corrected chi connectivity index (χ2v) is 6.73. The zero-order valence-corrected chi connectivity index (χ0v) is 17.8. The molecule has 2 aromatic rings. The van der Waals surface area contributed by atoms with Crippen LogP contribution in [0.3, 0.4) is 0 Å². The Kier molecular flexibility index (Phi) is 8.76. The fourth-order valence-corrected chi connectivity index (χ4v) is 2.70. The fourth-order valence-electron chi connectivity index (χ4n) is 2.22. The van der Waals surface area contributed by atoms with Crippen molar-refractivity contribution >= 4 is 34.9 Å². The Morgan fingerprint density at radius 1 is 1.34 bits per heavy atom. The third-order valence-corrected chi connectivity index (χ3v) is 4.19. The lowest BCUT2D eigenvalue weighted by Gasteiger charge is -2.13. The van der Waals surface area contributed by atoms with Crippen LogP contribution in [-0.4, -0.2) is 28.3 Å². The number of nitrogens with zero attached hydrogens (tertiary/aromatic N) is 4. The molecule has 0 aliphatic heterocycles. The number of aromatic nitrogens is 2. The average molecular weight is 479 g/mol. The second-order valence-electron chi connectivity index (χ2n) is 5.94. The normalized spacial score (nSPS) is 13.2. The number of halogens is 3. The van der Waals surface area contributed by atoms with Crippen LogP contribution in [0, 0.1) is 11.3 Å². The minimum absolute atomic E-state index is 0.0274. The molecule has 2 aromatic heterocycles. The number of carbonyl (C=O) groups is 1. The molecule has 2 heterocycles. The molecule has 166 valence electrons. The summed E-state index contributed by atoms with van der Waals surface area (Å²) in [6.07, 6.45) is 4.33. The summed E-state index contributed by atoms with van der Waals surface area (Å²) < 4.78 is 19.9. The predicted octanol–water partition coefficient (Wildman–Crippen LogP) is 1.82. The molecule has 0 radical (unpaired) electrons. The molecule has 13 heteroatoms. The monoisotopic (exact) mass is 478 g/mol. The van der Waals surface area contributed by atoms with E-state index in [1.807, 2.05) is 6.07 Å². The molecule has 0 saturated heterocycles. The quantitative estimate of drug-likeness (QED) is 0.146. The van der Waals surface area contributed by atoms with E-state index in [0.29, 0.717) is 0 Å². The highest BCUT2D eigenvalue weighted by Gasteiger charge is 2.20. The molecule has 0 saturated carbocycles. The number of amidine groups is 1. The number of nitrogens with one attached hydrogen (secondary N) is 1. The first-order valence-corrected chi connectivity index (χ1v) is 9.49. The van der Waals surface area contributed by atoms with Gasteiger partial charge in [-0.2, -0.15) is 5.26 Å². The van der Waals surface area contributed by atoms with Gasteiger partial charge in [0.2, 0.25) is 5.88 Å². The van der Waals surface area contributed by atoms with Crippen molar-refractivity contribution in [2.24, 2.45) is 22.2 Å². The van der Waals surface area contributed by atoms with E-state index >= 15 is 0 Å². The molecular formula is C19H17Cl2FN8O2. The summed E-state index contributed by atoms with van der Waals surface area (Å²) in [5.74, 6) is -1.48. The Balaban J connectivity index is 2.26. The van der Waals surface area contributed by atoms with Crippen molar-refractivity contribution in [3.05, 3.63) is 75.9 Å². The van der Waals surface area contributed by atoms with Gasteiger partial charge < -0.3 is 27.3 Å². The lowest BCUT2D eigenvalue weighted by Crippen LogP contribution is -2.31. The van der Waals surface area contributed by atoms with Gasteiger partial charge in [-0.25, -0.2) is 14.4 Å².